The number of nitrogens with one attached hydrogen (secondary N) is 1. The van der Waals surface area contributed by atoms with Gasteiger partial charge in [0.1, 0.15) is 5.84 Å². The standard InChI is InChI=1S/C21H18N2O2S/c1-15(16-11-13-18(14-12-16)17-7-3-2-4-8-17)22-21-19-9-5-6-10-20(19)26(24,25)23-21/h2-15H,1H3,(H,22,23). The highest BCUT2D eigenvalue weighted by atomic mass is 32.2. The van der Waals surface area contributed by atoms with Gasteiger partial charge < -0.3 is 0 Å². The zero-order valence-corrected chi connectivity index (χ0v) is 15.1. The minimum absolute atomic E-state index is 0.163. The third kappa shape index (κ3) is 3.02. The molecule has 5 heteroatoms. The normalized spacial score (nSPS) is 17.5. The van der Waals surface area contributed by atoms with Crippen LogP contribution in [0.3, 0.4) is 0 Å². The molecule has 1 N–H and O–H groups in total. The van der Waals surface area contributed by atoms with Crippen molar-refractivity contribution in [2.24, 2.45) is 4.99 Å². The first-order valence-electron chi connectivity index (χ1n) is 8.40. The van der Waals surface area contributed by atoms with E-state index in [1.807, 2.05) is 43.3 Å². The van der Waals surface area contributed by atoms with Gasteiger partial charge in [-0.05, 0) is 35.7 Å². The van der Waals surface area contributed by atoms with Crippen LogP contribution in [0.15, 0.2) is 88.8 Å². The van der Waals surface area contributed by atoms with Crippen molar-refractivity contribution in [3.63, 3.8) is 0 Å². The van der Waals surface area contributed by atoms with Crippen LogP contribution in [-0.4, -0.2) is 14.3 Å². The fourth-order valence-electron chi connectivity index (χ4n) is 3.08. The predicted octanol–water partition coefficient (Wildman–Crippen LogP) is 4.15. The highest BCUT2D eigenvalue weighted by Gasteiger charge is 2.30. The molecule has 0 saturated heterocycles. The molecule has 26 heavy (non-hydrogen) atoms. The van der Waals surface area contributed by atoms with Crippen LogP contribution in [0.4, 0.5) is 0 Å². The van der Waals surface area contributed by atoms with Crippen molar-refractivity contribution in [3.05, 3.63) is 90.0 Å². The SMILES string of the molecule is CC(N=C1NS(=O)(=O)c2ccccc21)c1ccc(-c2ccccc2)cc1. The molecule has 1 heterocycles. The second-order valence-electron chi connectivity index (χ2n) is 6.24. The van der Waals surface area contributed by atoms with Crippen molar-refractivity contribution >= 4 is 15.9 Å². The summed E-state index contributed by atoms with van der Waals surface area (Å²) in [7, 11) is -3.51. The number of benzene rings is 3. The summed E-state index contributed by atoms with van der Waals surface area (Å²) in [6, 6.07) is 25.1. The molecule has 0 aliphatic carbocycles. The molecule has 1 aliphatic rings. The molecule has 4 nitrogen and oxygen atoms in total. The molecule has 4 rings (SSSR count). The first-order valence-corrected chi connectivity index (χ1v) is 9.88. The van der Waals surface area contributed by atoms with E-state index in [4.69, 9.17) is 0 Å². The summed E-state index contributed by atoms with van der Waals surface area (Å²) in [6.07, 6.45) is 0. The maximum atomic E-state index is 12.2. The number of hydrogen-bond donors (Lipinski definition) is 1. The van der Waals surface area contributed by atoms with Gasteiger partial charge in [0.25, 0.3) is 10.0 Å². The van der Waals surface area contributed by atoms with E-state index in [0.29, 0.717) is 11.4 Å². The smallest absolute Gasteiger partial charge is 0.263 e. The Bertz CT molecular complexity index is 1070. The van der Waals surface area contributed by atoms with Gasteiger partial charge in [-0.15, -0.1) is 0 Å². The molecule has 3 aromatic rings. The molecular weight excluding hydrogens is 344 g/mol. The lowest BCUT2D eigenvalue weighted by atomic mass is 10.0. The summed E-state index contributed by atoms with van der Waals surface area (Å²) in [5.74, 6) is 0.403. The van der Waals surface area contributed by atoms with Gasteiger partial charge in [-0.2, -0.15) is 0 Å². The maximum Gasteiger partial charge on any atom is 0.263 e. The number of sulfonamides is 1. The van der Waals surface area contributed by atoms with E-state index in [2.05, 4.69) is 34.0 Å². The highest BCUT2D eigenvalue weighted by Crippen LogP contribution is 2.27. The molecule has 0 aromatic heterocycles. The van der Waals surface area contributed by atoms with Gasteiger partial charge in [-0.25, -0.2) is 8.42 Å². The van der Waals surface area contributed by atoms with Crippen molar-refractivity contribution in [2.45, 2.75) is 17.9 Å². The van der Waals surface area contributed by atoms with Crippen LogP contribution in [0.1, 0.15) is 24.1 Å². The topological polar surface area (TPSA) is 58.5 Å². The Labute approximate surface area is 153 Å². The van der Waals surface area contributed by atoms with Crippen LogP contribution < -0.4 is 4.72 Å². The van der Waals surface area contributed by atoms with E-state index in [0.717, 1.165) is 16.7 Å². The average Bonchev–Trinajstić information content (AvgIpc) is 2.93. The van der Waals surface area contributed by atoms with Gasteiger partial charge in [-0.1, -0.05) is 66.7 Å². The molecule has 0 saturated carbocycles. The van der Waals surface area contributed by atoms with Crippen LogP contribution in [0, 0.1) is 0 Å². The summed E-state index contributed by atoms with van der Waals surface area (Å²) >= 11 is 0. The number of nitrogens with zero attached hydrogens (tertiary/aromatic N) is 1. The molecule has 3 aromatic carbocycles. The average molecular weight is 362 g/mol. The predicted molar refractivity (Wildman–Crippen MR) is 104 cm³/mol. The van der Waals surface area contributed by atoms with Crippen LogP contribution in [-0.2, 0) is 10.0 Å². The van der Waals surface area contributed by atoms with E-state index in [-0.39, 0.29) is 10.9 Å². The van der Waals surface area contributed by atoms with Crippen molar-refractivity contribution < 1.29 is 8.42 Å². The lowest BCUT2D eigenvalue weighted by Gasteiger charge is -2.10. The summed E-state index contributed by atoms with van der Waals surface area (Å²) in [6.45, 7) is 1.96. The first-order chi connectivity index (χ1) is 12.5. The van der Waals surface area contributed by atoms with Gasteiger partial charge in [0.05, 0.1) is 10.9 Å². The second-order valence-corrected chi connectivity index (χ2v) is 7.89. The Morgan fingerprint density at radius 3 is 2.15 bits per heavy atom. The fraction of sp³-hybridized carbons (Fsp3) is 0.0952. The lowest BCUT2D eigenvalue weighted by molar-refractivity contribution is 0.595. The Hall–Kier alpha value is -2.92. The summed E-state index contributed by atoms with van der Waals surface area (Å²) < 4.78 is 26.9. The van der Waals surface area contributed by atoms with E-state index >= 15 is 0 Å². The molecule has 0 amide bonds. The van der Waals surface area contributed by atoms with Gasteiger partial charge >= 0.3 is 0 Å². The number of rotatable bonds is 3. The Morgan fingerprint density at radius 1 is 0.808 bits per heavy atom. The van der Waals surface area contributed by atoms with Crippen molar-refractivity contribution in [1.29, 1.82) is 0 Å². The zero-order valence-electron chi connectivity index (χ0n) is 14.3. The van der Waals surface area contributed by atoms with Crippen molar-refractivity contribution in [3.8, 4) is 11.1 Å². The van der Waals surface area contributed by atoms with E-state index < -0.39 is 10.0 Å². The molecule has 130 valence electrons. The zero-order chi connectivity index (χ0) is 18.1. The molecule has 1 aliphatic heterocycles. The molecule has 1 atom stereocenters. The number of fused-ring (bicyclic) bond motifs is 1. The van der Waals surface area contributed by atoms with Crippen molar-refractivity contribution in [1.82, 2.24) is 4.72 Å². The van der Waals surface area contributed by atoms with Crippen LogP contribution in [0.25, 0.3) is 11.1 Å². The Kier molecular flexibility index (Phi) is 4.09. The third-order valence-electron chi connectivity index (χ3n) is 4.49. The minimum Gasteiger partial charge on any atom is -0.263 e. The molecule has 0 radical (unpaired) electrons. The number of aliphatic imine (C=N–C) groups is 1. The number of hydrogen-bond acceptors (Lipinski definition) is 3. The van der Waals surface area contributed by atoms with Crippen LogP contribution in [0.2, 0.25) is 0 Å². The summed E-state index contributed by atoms with van der Waals surface area (Å²) in [5.41, 5.74) is 3.96. The summed E-state index contributed by atoms with van der Waals surface area (Å²) in [4.78, 5) is 4.89. The van der Waals surface area contributed by atoms with Crippen molar-refractivity contribution in [2.75, 3.05) is 0 Å². The van der Waals surface area contributed by atoms with Gasteiger partial charge in [0.2, 0.25) is 0 Å². The van der Waals surface area contributed by atoms with Crippen LogP contribution in [0.5, 0.6) is 0 Å². The Balaban J connectivity index is 1.63. The first kappa shape index (κ1) is 16.5. The highest BCUT2D eigenvalue weighted by molar-refractivity contribution is 7.90. The molecule has 1 unspecified atom stereocenters. The molecule has 0 spiro atoms. The monoisotopic (exact) mass is 362 g/mol. The molecular formula is C21H18N2O2S. The van der Waals surface area contributed by atoms with E-state index in [1.165, 1.54) is 0 Å². The van der Waals surface area contributed by atoms with Gasteiger partial charge in [-0.3, -0.25) is 9.71 Å². The Morgan fingerprint density at radius 2 is 1.42 bits per heavy atom. The quantitative estimate of drug-likeness (QED) is 0.761. The van der Waals surface area contributed by atoms with Crippen LogP contribution >= 0.6 is 0 Å². The van der Waals surface area contributed by atoms with Gasteiger partial charge in [0.15, 0.2) is 0 Å². The van der Waals surface area contributed by atoms with Gasteiger partial charge in [0, 0.05) is 5.56 Å². The largest absolute Gasteiger partial charge is 0.263 e. The minimum atomic E-state index is -3.51. The molecule has 0 bridgehead atoms. The van der Waals surface area contributed by atoms with E-state index in [9.17, 15) is 8.42 Å². The maximum absolute atomic E-state index is 12.2. The molecule has 0 fully saturated rings. The lowest BCUT2D eigenvalue weighted by Crippen LogP contribution is -2.22. The number of amidine groups is 1. The third-order valence-corrected chi connectivity index (χ3v) is 5.88. The fourth-order valence-corrected chi connectivity index (χ4v) is 4.32. The van der Waals surface area contributed by atoms with E-state index in [1.54, 1.807) is 18.2 Å². The second kappa shape index (κ2) is 6.42. The summed E-state index contributed by atoms with van der Waals surface area (Å²) in [5, 5.41) is 0.